The molecule has 0 atom stereocenters. The highest BCUT2D eigenvalue weighted by Gasteiger charge is 2.06. The Morgan fingerprint density at radius 2 is 2.20 bits per heavy atom. The van der Waals surface area contributed by atoms with Gasteiger partial charge in [0.25, 0.3) is 6.43 Å². The van der Waals surface area contributed by atoms with Crippen LogP contribution in [0.15, 0.2) is 18.2 Å². The van der Waals surface area contributed by atoms with E-state index in [0.29, 0.717) is 17.1 Å². The monoisotopic (exact) mass is 212 g/mol. The maximum atomic E-state index is 11.9. The largest absolute Gasteiger partial charge is 0.495 e. The van der Waals surface area contributed by atoms with Gasteiger partial charge in [0.15, 0.2) is 0 Å². The third kappa shape index (κ3) is 3.13. The number of methoxy groups -OCH3 is 1. The molecular formula is C11H10F2O2. The van der Waals surface area contributed by atoms with Crippen LogP contribution in [0.3, 0.4) is 0 Å². The highest BCUT2D eigenvalue weighted by Crippen LogP contribution is 2.24. The van der Waals surface area contributed by atoms with Gasteiger partial charge in [0, 0.05) is 6.07 Å². The second-order valence-corrected chi connectivity index (χ2v) is 2.71. The Balaban J connectivity index is 2.80. The molecule has 0 aromatic heterocycles. The van der Waals surface area contributed by atoms with Crippen molar-refractivity contribution in [2.24, 2.45) is 0 Å². The van der Waals surface area contributed by atoms with Crippen LogP contribution in [0.25, 0.3) is 0 Å². The van der Waals surface area contributed by atoms with Crippen LogP contribution >= 0.6 is 0 Å². The van der Waals surface area contributed by atoms with Crippen molar-refractivity contribution in [1.29, 1.82) is 0 Å². The van der Waals surface area contributed by atoms with Crippen molar-refractivity contribution in [3.63, 3.8) is 0 Å². The first-order valence-corrected chi connectivity index (χ1v) is 4.23. The zero-order valence-corrected chi connectivity index (χ0v) is 8.17. The minimum Gasteiger partial charge on any atom is -0.495 e. The zero-order valence-electron chi connectivity index (χ0n) is 8.17. The topological polar surface area (TPSA) is 18.5 Å². The van der Waals surface area contributed by atoms with Crippen molar-refractivity contribution in [1.82, 2.24) is 0 Å². The smallest absolute Gasteiger partial charge is 0.272 e. The molecule has 0 bridgehead atoms. The molecule has 0 radical (unpaired) electrons. The number of ether oxygens (including phenoxy) is 2. The Bertz CT molecular complexity index is 369. The molecule has 1 aromatic rings. The van der Waals surface area contributed by atoms with E-state index in [4.69, 9.17) is 15.9 Å². The summed E-state index contributed by atoms with van der Waals surface area (Å²) < 4.78 is 33.5. The van der Waals surface area contributed by atoms with Gasteiger partial charge in [-0.25, -0.2) is 8.78 Å². The number of halogens is 2. The molecular weight excluding hydrogens is 202 g/mol. The molecule has 0 amide bonds. The number of hydrogen-bond acceptors (Lipinski definition) is 2. The van der Waals surface area contributed by atoms with Crippen LogP contribution in [0.4, 0.5) is 8.78 Å². The fourth-order valence-electron chi connectivity index (χ4n) is 1.04. The van der Waals surface area contributed by atoms with Gasteiger partial charge in [-0.15, -0.1) is 6.42 Å². The van der Waals surface area contributed by atoms with Crippen molar-refractivity contribution in [3.05, 3.63) is 23.8 Å². The predicted molar refractivity (Wildman–Crippen MR) is 52.4 cm³/mol. The van der Waals surface area contributed by atoms with E-state index in [0.717, 1.165) is 0 Å². The Hall–Kier alpha value is -1.76. The molecule has 0 saturated carbocycles. The lowest BCUT2D eigenvalue weighted by Gasteiger charge is -2.08. The maximum Gasteiger partial charge on any atom is 0.272 e. The molecule has 0 unspecified atom stereocenters. The first-order chi connectivity index (χ1) is 7.17. The summed E-state index contributed by atoms with van der Waals surface area (Å²) in [7, 11) is 1.45. The summed E-state index contributed by atoms with van der Waals surface area (Å²) in [6, 6.07) is 4.59. The quantitative estimate of drug-likeness (QED) is 0.713. The number of rotatable bonds is 4. The van der Waals surface area contributed by atoms with E-state index in [1.54, 1.807) is 6.07 Å². The van der Waals surface area contributed by atoms with Crippen LogP contribution in [0.5, 0.6) is 11.5 Å². The summed E-state index contributed by atoms with van der Waals surface area (Å²) in [6.45, 7) is -0.640. The van der Waals surface area contributed by atoms with Gasteiger partial charge < -0.3 is 9.47 Å². The molecule has 0 N–H and O–H groups in total. The number of benzene rings is 1. The Morgan fingerprint density at radius 3 is 2.73 bits per heavy atom. The SMILES string of the molecule is C#Cc1ccc(OCC(F)F)cc1OC. The first-order valence-electron chi connectivity index (χ1n) is 4.23. The van der Waals surface area contributed by atoms with Gasteiger partial charge in [-0.1, -0.05) is 5.92 Å². The number of terminal acetylenes is 1. The van der Waals surface area contributed by atoms with E-state index in [1.165, 1.54) is 19.2 Å². The summed E-state index contributed by atoms with van der Waals surface area (Å²) >= 11 is 0. The average Bonchev–Trinajstić information content (AvgIpc) is 2.25. The minimum absolute atomic E-state index is 0.311. The van der Waals surface area contributed by atoms with E-state index >= 15 is 0 Å². The molecule has 0 heterocycles. The van der Waals surface area contributed by atoms with Crippen LogP contribution in [0.1, 0.15) is 5.56 Å². The molecule has 0 saturated heterocycles. The van der Waals surface area contributed by atoms with Crippen molar-refractivity contribution in [2.45, 2.75) is 6.43 Å². The molecule has 0 aliphatic rings. The summed E-state index contributed by atoms with van der Waals surface area (Å²) in [4.78, 5) is 0. The molecule has 2 nitrogen and oxygen atoms in total. The third-order valence-electron chi connectivity index (χ3n) is 1.70. The van der Waals surface area contributed by atoms with Crippen molar-refractivity contribution >= 4 is 0 Å². The Kier molecular flexibility index (Phi) is 3.92. The van der Waals surface area contributed by atoms with Crippen LogP contribution in [0.2, 0.25) is 0 Å². The standard InChI is InChI=1S/C11H10F2O2/c1-3-8-4-5-9(6-10(8)14-2)15-7-11(12)13/h1,4-6,11H,7H2,2H3. The summed E-state index contributed by atoms with van der Waals surface area (Å²) in [5.41, 5.74) is 0.557. The van der Waals surface area contributed by atoms with Gasteiger partial charge in [-0.05, 0) is 12.1 Å². The summed E-state index contributed by atoms with van der Waals surface area (Å²) in [5.74, 6) is 3.16. The zero-order chi connectivity index (χ0) is 11.3. The average molecular weight is 212 g/mol. The third-order valence-corrected chi connectivity index (χ3v) is 1.70. The lowest BCUT2D eigenvalue weighted by Crippen LogP contribution is -2.07. The van der Waals surface area contributed by atoms with Gasteiger partial charge in [-0.2, -0.15) is 0 Å². The van der Waals surface area contributed by atoms with E-state index in [1.807, 2.05) is 0 Å². The maximum absolute atomic E-state index is 11.9. The molecule has 1 aromatic carbocycles. The van der Waals surface area contributed by atoms with Crippen molar-refractivity contribution in [3.8, 4) is 23.8 Å². The second-order valence-electron chi connectivity index (χ2n) is 2.71. The fraction of sp³-hybridized carbons (Fsp3) is 0.273. The minimum atomic E-state index is -2.50. The van der Waals surface area contributed by atoms with Crippen molar-refractivity contribution < 1.29 is 18.3 Å². The molecule has 1 rings (SSSR count). The molecule has 0 fully saturated rings. The Labute approximate surface area is 86.8 Å². The van der Waals surface area contributed by atoms with E-state index in [-0.39, 0.29) is 0 Å². The lowest BCUT2D eigenvalue weighted by atomic mass is 10.2. The predicted octanol–water partition coefficient (Wildman–Crippen LogP) is 2.32. The second kappa shape index (κ2) is 5.20. The van der Waals surface area contributed by atoms with E-state index < -0.39 is 13.0 Å². The van der Waals surface area contributed by atoms with Gasteiger partial charge in [-0.3, -0.25) is 0 Å². The van der Waals surface area contributed by atoms with E-state index in [9.17, 15) is 8.78 Å². The number of hydrogen-bond donors (Lipinski definition) is 0. The van der Waals surface area contributed by atoms with Crippen molar-refractivity contribution in [2.75, 3.05) is 13.7 Å². The highest BCUT2D eigenvalue weighted by molar-refractivity contribution is 5.48. The molecule has 15 heavy (non-hydrogen) atoms. The Morgan fingerprint density at radius 1 is 1.47 bits per heavy atom. The first kappa shape index (κ1) is 11.3. The van der Waals surface area contributed by atoms with E-state index in [2.05, 4.69) is 5.92 Å². The molecule has 4 heteroatoms. The molecule has 0 aliphatic carbocycles. The molecule has 80 valence electrons. The summed E-state index contributed by atoms with van der Waals surface area (Å²) in [6.07, 6.45) is 2.71. The highest BCUT2D eigenvalue weighted by atomic mass is 19.3. The van der Waals surface area contributed by atoms with Crippen LogP contribution < -0.4 is 9.47 Å². The van der Waals surface area contributed by atoms with Crippen LogP contribution in [-0.4, -0.2) is 20.1 Å². The summed E-state index contributed by atoms with van der Waals surface area (Å²) in [5, 5.41) is 0. The van der Waals surface area contributed by atoms with Gasteiger partial charge in [0.2, 0.25) is 0 Å². The van der Waals surface area contributed by atoms with Gasteiger partial charge in [0.05, 0.1) is 12.7 Å². The van der Waals surface area contributed by atoms with Gasteiger partial charge >= 0.3 is 0 Å². The molecule has 0 spiro atoms. The normalized spacial score (nSPS) is 9.80. The van der Waals surface area contributed by atoms with Crippen LogP contribution in [0, 0.1) is 12.3 Å². The molecule has 0 aliphatic heterocycles. The van der Waals surface area contributed by atoms with Crippen LogP contribution in [-0.2, 0) is 0 Å². The number of alkyl halides is 2. The fourth-order valence-corrected chi connectivity index (χ4v) is 1.04. The van der Waals surface area contributed by atoms with Gasteiger partial charge in [0.1, 0.15) is 18.1 Å². The lowest BCUT2D eigenvalue weighted by molar-refractivity contribution is 0.0818.